The van der Waals surface area contributed by atoms with E-state index >= 15 is 0 Å². The molecule has 0 amide bonds. The molecule has 1 atom stereocenters. The van der Waals surface area contributed by atoms with Crippen molar-refractivity contribution in [2.45, 2.75) is 40.0 Å². The first-order chi connectivity index (χ1) is 7.31. The van der Waals surface area contributed by atoms with Gasteiger partial charge in [0.25, 0.3) is 0 Å². The molecule has 15 heavy (non-hydrogen) atoms. The SMILES string of the molecule is CCC(CN(CC)CC)C1CCNCC1. The highest BCUT2D eigenvalue weighted by atomic mass is 15.1. The summed E-state index contributed by atoms with van der Waals surface area (Å²) in [5.74, 6) is 1.89. The van der Waals surface area contributed by atoms with Crippen molar-refractivity contribution >= 4 is 0 Å². The second-order valence-corrected chi connectivity index (χ2v) is 4.74. The summed E-state index contributed by atoms with van der Waals surface area (Å²) in [5, 5.41) is 3.46. The van der Waals surface area contributed by atoms with Crippen molar-refractivity contribution in [3.05, 3.63) is 0 Å². The Bertz CT molecular complexity index is 149. The van der Waals surface area contributed by atoms with E-state index in [1.54, 1.807) is 0 Å². The fourth-order valence-corrected chi connectivity index (χ4v) is 2.74. The zero-order valence-electron chi connectivity index (χ0n) is 10.8. The Kier molecular flexibility index (Phi) is 6.26. The zero-order chi connectivity index (χ0) is 11.1. The number of piperidine rings is 1. The molecule has 90 valence electrons. The van der Waals surface area contributed by atoms with Crippen LogP contribution in [0.1, 0.15) is 40.0 Å². The van der Waals surface area contributed by atoms with Crippen LogP contribution in [0, 0.1) is 11.8 Å². The van der Waals surface area contributed by atoms with Crippen LogP contribution in [0.2, 0.25) is 0 Å². The Morgan fingerprint density at radius 2 is 1.73 bits per heavy atom. The summed E-state index contributed by atoms with van der Waals surface area (Å²) in [6.45, 7) is 13.1. The molecule has 0 bridgehead atoms. The predicted molar refractivity (Wildman–Crippen MR) is 67.2 cm³/mol. The Balaban J connectivity index is 2.38. The third kappa shape index (κ3) is 4.12. The maximum Gasteiger partial charge on any atom is 0.00120 e. The summed E-state index contributed by atoms with van der Waals surface area (Å²) in [6, 6.07) is 0. The topological polar surface area (TPSA) is 15.3 Å². The van der Waals surface area contributed by atoms with Crippen LogP contribution in [0.25, 0.3) is 0 Å². The molecule has 1 aliphatic heterocycles. The highest BCUT2D eigenvalue weighted by Crippen LogP contribution is 2.25. The average molecular weight is 212 g/mol. The van der Waals surface area contributed by atoms with Crippen molar-refractivity contribution in [2.75, 3.05) is 32.7 Å². The molecule has 1 aliphatic rings. The van der Waals surface area contributed by atoms with E-state index in [2.05, 4.69) is 31.0 Å². The first-order valence-electron chi connectivity index (χ1n) is 6.74. The van der Waals surface area contributed by atoms with Crippen molar-refractivity contribution in [1.82, 2.24) is 10.2 Å². The molecule has 0 aromatic carbocycles. The fourth-order valence-electron chi connectivity index (χ4n) is 2.74. The number of hydrogen-bond donors (Lipinski definition) is 1. The quantitative estimate of drug-likeness (QED) is 0.727. The summed E-state index contributed by atoms with van der Waals surface area (Å²) in [4.78, 5) is 2.58. The molecule has 1 N–H and O–H groups in total. The van der Waals surface area contributed by atoms with Gasteiger partial charge in [0, 0.05) is 6.54 Å². The molecule has 1 rings (SSSR count). The highest BCUT2D eigenvalue weighted by Gasteiger charge is 2.23. The standard InChI is InChI=1S/C13H28N2/c1-4-12(11-15(5-2)6-3)13-7-9-14-10-8-13/h12-14H,4-11H2,1-3H3. The Hall–Kier alpha value is -0.0800. The highest BCUT2D eigenvalue weighted by molar-refractivity contribution is 4.77. The second-order valence-electron chi connectivity index (χ2n) is 4.74. The van der Waals surface area contributed by atoms with Gasteiger partial charge < -0.3 is 10.2 Å². The molecule has 0 aromatic heterocycles. The van der Waals surface area contributed by atoms with E-state index in [1.165, 1.54) is 52.0 Å². The van der Waals surface area contributed by atoms with Gasteiger partial charge in [-0.05, 0) is 50.9 Å². The maximum absolute atomic E-state index is 3.46. The minimum Gasteiger partial charge on any atom is -0.317 e. The summed E-state index contributed by atoms with van der Waals surface area (Å²) >= 11 is 0. The molecule has 1 unspecified atom stereocenters. The van der Waals surface area contributed by atoms with Crippen LogP contribution in [-0.4, -0.2) is 37.6 Å². The van der Waals surface area contributed by atoms with Gasteiger partial charge >= 0.3 is 0 Å². The molecule has 0 saturated carbocycles. The summed E-state index contributed by atoms with van der Waals surface area (Å²) in [6.07, 6.45) is 4.13. The summed E-state index contributed by atoms with van der Waals surface area (Å²) in [7, 11) is 0. The smallest absolute Gasteiger partial charge is 0.00120 e. The number of rotatable bonds is 6. The van der Waals surface area contributed by atoms with Gasteiger partial charge in [-0.15, -0.1) is 0 Å². The van der Waals surface area contributed by atoms with Crippen LogP contribution in [0.3, 0.4) is 0 Å². The summed E-state index contributed by atoms with van der Waals surface area (Å²) < 4.78 is 0. The van der Waals surface area contributed by atoms with Crippen LogP contribution in [0.5, 0.6) is 0 Å². The lowest BCUT2D eigenvalue weighted by molar-refractivity contribution is 0.173. The number of nitrogens with one attached hydrogen (secondary N) is 1. The van der Waals surface area contributed by atoms with Gasteiger partial charge in [-0.3, -0.25) is 0 Å². The van der Waals surface area contributed by atoms with Crippen LogP contribution < -0.4 is 5.32 Å². The van der Waals surface area contributed by atoms with Gasteiger partial charge in [0.2, 0.25) is 0 Å². The van der Waals surface area contributed by atoms with Gasteiger partial charge in [-0.1, -0.05) is 27.2 Å². The van der Waals surface area contributed by atoms with E-state index in [0.29, 0.717) is 0 Å². The third-order valence-corrected chi connectivity index (χ3v) is 3.96. The van der Waals surface area contributed by atoms with E-state index in [-0.39, 0.29) is 0 Å². The molecule has 2 heteroatoms. The average Bonchev–Trinajstić information content (AvgIpc) is 2.32. The largest absolute Gasteiger partial charge is 0.317 e. The molecule has 0 aliphatic carbocycles. The molecular weight excluding hydrogens is 184 g/mol. The molecule has 1 saturated heterocycles. The van der Waals surface area contributed by atoms with Gasteiger partial charge in [-0.25, -0.2) is 0 Å². The minimum absolute atomic E-state index is 0.923. The first-order valence-corrected chi connectivity index (χ1v) is 6.74. The van der Waals surface area contributed by atoms with E-state index in [9.17, 15) is 0 Å². The molecule has 1 fully saturated rings. The van der Waals surface area contributed by atoms with Crippen molar-refractivity contribution in [2.24, 2.45) is 11.8 Å². The summed E-state index contributed by atoms with van der Waals surface area (Å²) in [5.41, 5.74) is 0. The third-order valence-electron chi connectivity index (χ3n) is 3.96. The van der Waals surface area contributed by atoms with Crippen molar-refractivity contribution in [3.63, 3.8) is 0 Å². The lowest BCUT2D eigenvalue weighted by atomic mass is 9.83. The number of nitrogens with zero attached hydrogens (tertiary/aromatic N) is 1. The predicted octanol–water partition coefficient (Wildman–Crippen LogP) is 2.35. The van der Waals surface area contributed by atoms with Crippen LogP contribution in [-0.2, 0) is 0 Å². The molecule has 2 nitrogen and oxygen atoms in total. The lowest BCUT2D eigenvalue weighted by Crippen LogP contribution is -2.37. The van der Waals surface area contributed by atoms with Gasteiger partial charge in [-0.2, -0.15) is 0 Å². The van der Waals surface area contributed by atoms with Crippen molar-refractivity contribution in [3.8, 4) is 0 Å². The van der Waals surface area contributed by atoms with E-state index < -0.39 is 0 Å². The van der Waals surface area contributed by atoms with E-state index in [4.69, 9.17) is 0 Å². The lowest BCUT2D eigenvalue weighted by Gasteiger charge is -2.33. The van der Waals surface area contributed by atoms with Gasteiger partial charge in [0.05, 0.1) is 0 Å². The van der Waals surface area contributed by atoms with E-state index in [1.807, 2.05) is 0 Å². The van der Waals surface area contributed by atoms with E-state index in [0.717, 1.165) is 11.8 Å². The monoisotopic (exact) mass is 212 g/mol. The fraction of sp³-hybridized carbons (Fsp3) is 1.00. The molecular formula is C13H28N2. The molecule has 0 spiro atoms. The maximum atomic E-state index is 3.46. The zero-order valence-corrected chi connectivity index (χ0v) is 10.8. The second kappa shape index (κ2) is 7.24. The van der Waals surface area contributed by atoms with Gasteiger partial charge in [0.15, 0.2) is 0 Å². The van der Waals surface area contributed by atoms with Crippen LogP contribution in [0.4, 0.5) is 0 Å². The van der Waals surface area contributed by atoms with Crippen LogP contribution >= 0.6 is 0 Å². The minimum atomic E-state index is 0.923. The first kappa shape index (κ1) is 13.0. The Morgan fingerprint density at radius 1 is 1.13 bits per heavy atom. The van der Waals surface area contributed by atoms with Crippen LogP contribution in [0.15, 0.2) is 0 Å². The molecule has 1 heterocycles. The number of hydrogen-bond acceptors (Lipinski definition) is 2. The molecule has 0 radical (unpaired) electrons. The normalized spacial score (nSPS) is 20.8. The molecule has 0 aromatic rings. The van der Waals surface area contributed by atoms with Gasteiger partial charge in [0.1, 0.15) is 0 Å². The van der Waals surface area contributed by atoms with Crippen molar-refractivity contribution in [1.29, 1.82) is 0 Å². The van der Waals surface area contributed by atoms with Crippen molar-refractivity contribution < 1.29 is 0 Å². The Labute approximate surface area is 95.4 Å². The Morgan fingerprint density at radius 3 is 2.20 bits per heavy atom.